The van der Waals surface area contributed by atoms with E-state index in [1.165, 1.54) is 0 Å². The van der Waals surface area contributed by atoms with Crippen molar-refractivity contribution >= 4 is 17.0 Å². The third kappa shape index (κ3) is 7.63. The molecule has 0 spiro atoms. The Morgan fingerprint density at radius 2 is 1.73 bits per heavy atom. The van der Waals surface area contributed by atoms with E-state index in [4.69, 9.17) is 11.6 Å². The lowest BCUT2D eigenvalue weighted by Crippen LogP contribution is -2.37. The molecule has 0 aromatic rings. The Labute approximate surface area is 97.7 Å². The van der Waals surface area contributed by atoms with Crippen LogP contribution in [-0.4, -0.2) is 35.6 Å². The first-order valence-corrected chi connectivity index (χ1v) is 5.91. The van der Waals surface area contributed by atoms with E-state index in [9.17, 15) is 4.79 Å². The fourth-order valence-electron chi connectivity index (χ4n) is 1.66. The van der Waals surface area contributed by atoms with Crippen LogP contribution in [0.5, 0.6) is 0 Å². The zero-order valence-corrected chi connectivity index (χ0v) is 10.9. The third-order valence-corrected chi connectivity index (χ3v) is 2.46. The van der Waals surface area contributed by atoms with Crippen molar-refractivity contribution in [1.82, 2.24) is 4.90 Å². The Kier molecular flexibility index (Phi) is 7.79. The molecule has 4 heteroatoms. The molecule has 0 saturated heterocycles. The van der Waals surface area contributed by atoms with Crippen LogP contribution in [0, 0.1) is 0 Å². The van der Waals surface area contributed by atoms with Gasteiger partial charge in [-0.3, -0.25) is 4.90 Å². The average Bonchev–Trinajstić information content (AvgIpc) is 2.08. The molecule has 0 saturated carbocycles. The van der Waals surface area contributed by atoms with Crippen molar-refractivity contribution < 1.29 is 9.53 Å². The minimum atomic E-state index is -0.709. The van der Waals surface area contributed by atoms with Crippen molar-refractivity contribution in [3.8, 4) is 0 Å². The molecule has 0 aliphatic rings. The van der Waals surface area contributed by atoms with E-state index < -0.39 is 5.43 Å². The molecule has 0 heterocycles. The van der Waals surface area contributed by atoms with Gasteiger partial charge in [0.25, 0.3) is 0 Å². The Morgan fingerprint density at radius 1 is 1.20 bits per heavy atom. The summed E-state index contributed by atoms with van der Waals surface area (Å²) < 4.78 is 4.65. The van der Waals surface area contributed by atoms with Crippen LogP contribution in [0.15, 0.2) is 0 Å². The number of unbranched alkanes of at least 4 members (excludes halogenated alkanes) is 1. The molecule has 0 aromatic heterocycles. The van der Waals surface area contributed by atoms with E-state index in [-0.39, 0.29) is 0 Å². The van der Waals surface area contributed by atoms with Crippen LogP contribution >= 0.6 is 11.6 Å². The van der Waals surface area contributed by atoms with Gasteiger partial charge in [0.15, 0.2) is 0 Å². The molecule has 0 aromatic carbocycles. The van der Waals surface area contributed by atoms with Gasteiger partial charge in [-0.05, 0) is 47.1 Å². The summed E-state index contributed by atoms with van der Waals surface area (Å²) in [6.07, 6.45) is 1.90. The molecule has 0 aliphatic carbocycles. The van der Waals surface area contributed by atoms with Gasteiger partial charge in [-0.25, -0.2) is 4.79 Å². The van der Waals surface area contributed by atoms with E-state index in [1.807, 2.05) is 0 Å². The predicted molar refractivity (Wildman–Crippen MR) is 63.4 cm³/mol. The van der Waals surface area contributed by atoms with Gasteiger partial charge >= 0.3 is 5.43 Å². The minimum Gasteiger partial charge on any atom is -0.454 e. The summed E-state index contributed by atoms with van der Waals surface area (Å²) in [5.74, 6) is 0. The summed E-state index contributed by atoms with van der Waals surface area (Å²) in [4.78, 5) is 12.7. The molecule has 0 radical (unpaired) electrons. The highest BCUT2D eigenvalue weighted by molar-refractivity contribution is 6.61. The smallest absolute Gasteiger partial charge is 0.403 e. The van der Waals surface area contributed by atoms with Gasteiger partial charge in [-0.1, -0.05) is 0 Å². The van der Waals surface area contributed by atoms with Gasteiger partial charge in [0.1, 0.15) is 0 Å². The van der Waals surface area contributed by atoms with Crippen LogP contribution in [0.3, 0.4) is 0 Å². The van der Waals surface area contributed by atoms with E-state index >= 15 is 0 Å². The normalized spacial score (nSPS) is 11.5. The topological polar surface area (TPSA) is 29.5 Å². The van der Waals surface area contributed by atoms with Crippen molar-refractivity contribution in [3.63, 3.8) is 0 Å². The van der Waals surface area contributed by atoms with E-state index in [2.05, 4.69) is 37.3 Å². The average molecular weight is 236 g/mol. The molecule has 15 heavy (non-hydrogen) atoms. The lowest BCUT2D eigenvalue weighted by atomic mass is 10.2. The lowest BCUT2D eigenvalue weighted by Gasteiger charge is -2.30. The predicted octanol–water partition coefficient (Wildman–Crippen LogP) is 3.26. The number of ether oxygens (including phenoxy) is 1. The fourth-order valence-corrected chi connectivity index (χ4v) is 1.74. The maximum Gasteiger partial charge on any atom is 0.403 e. The minimum absolute atomic E-state index is 0.423. The largest absolute Gasteiger partial charge is 0.454 e. The zero-order valence-electron chi connectivity index (χ0n) is 10.1. The van der Waals surface area contributed by atoms with Crippen LogP contribution in [0.25, 0.3) is 0 Å². The lowest BCUT2D eigenvalue weighted by molar-refractivity contribution is 0.152. The zero-order chi connectivity index (χ0) is 11.8. The fraction of sp³-hybridized carbons (Fsp3) is 0.909. The quantitative estimate of drug-likeness (QED) is 0.501. The standard InChI is InChI=1S/C11H22ClNO2/c1-9(2)13(10(3)4)7-5-6-8-15-11(12)14/h9-10H,5-8H2,1-4H3. The Hall–Kier alpha value is -0.280. The highest BCUT2D eigenvalue weighted by Crippen LogP contribution is 2.07. The second kappa shape index (κ2) is 7.94. The number of hydrogen-bond acceptors (Lipinski definition) is 3. The van der Waals surface area contributed by atoms with Gasteiger partial charge in [0.05, 0.1) is 6.61 Å². The molecule has 0 atom stereocenters. The Balaban J connectivity index is 3.59. The summed E-state index contributed by atoms with van der Waals surface area (Å²) in [5, 5.41) is 0. The van der Waals surface area contributed by atoms with Crippen molar-refractivity contribution in [3.05, 3.63) is 0 Å². The Bertz CT molecular complexity index is 175. The molecule has 0 fully saturated rings. The van der Waals surface area contributed by atoms with E-state index in [1.54, 1.807) is 0 Å². The number of carbonyl (C=O) groups is 1. The molecule has 0 amide bonds. The number of carbonyl (C=O) groups excluding carboxylic acids is 1. The number of rotatable bonds is 7. The molecule has 0 rings (SSSR count). The molecular weight excluding hydrogens is 214 g/mol. The molecule has 3 nitrogen and oxygen atoms in total. The summed E-state index contributed by atoms with van der Waals surface area (Å²) in [6, 6.07) is 1.11. The van der Waals surface area contributed by atoms with Gasteiger partial charge in [0.2, 0.25) is 0 Å². The van der Waals surface area contributed by atoms with Crippen LogP contribution in [0.4, 0.5) is 4.79 Å². The maximum absolute atomic E-state index is 10.3. The van der Waals surface area contributed by atoms with Gasteiger partial charge in [-0.15, -0.1) is 0 Å². The summed E-state index contributed by atoms with van der Waals surface area (Å²) in [5.41, 5.74) is -0.709. The second-order valence-electron chi connectivity index (χ2n) is 4.22. The number of nitrogens with zero attached hydrogens (tertiary/aromatic N) is 1. The van der Waals surface area contributed by atoms with Crippen molar-refractivity contribution in [2.45, 2.75) is 52.6 Å². The number of hydrogen-bond donors (Lipinski definition) is 0. The molecule has 0 N–H and O–H groups in total. The highest BCUT2D eigenvalue weighted by Gasteiger charge is 2.12. The number of halogens is 1. The van der Waals surface area contributed by atoms with Gasteiger partial charge < -0.3 is 4.74 Å². The first-order chi connectivity index (χ1) is 6.95. The third-order valence-electron chi connectivity index (χ3n) is 2.35. The monoisotopic (exact) mass is 235 g/mol. The summed E-state index contributed by atoms with van der Waals surface area (Å²) in [6.45, 7) is 10.2. The van der Waals surface area contributed by atoms with Crippen molar-refractivity contribution in [2.24, 2.45) is 0 Å². The van der Waals surface area contributed by atoms with E-state index in [0.29, 0.717) is 18.7 Å². The SMILES string of the molecule is CC(C)N(CCCCOC(=O)Cl)C(C)C. The van der Waals surface area contributed by atoms with Gasteiger partial charge in [-0.2, -0.15) is 0 Å². The van der Waals surface area contributed by atoms with Crippen LogP contribution in [0.1, 0.15) is 40.5 Å². The maximum atomic E-state index is 10.3. The second-order valence-corrected chi connectivity index (χ2v) is 4.53. The van der Waals surface area contributed by atoms with Gasteiger partial charge in [0, 0.05) is 23.7 Å². The van der Waals surface area contributed by atoms with Crippen LogP contribution < -0.4 is 0 Å². The summed E-state index contributed by atoms with van der Waals surface area (Å²) in [7, 11) is 0. The van der Waals surface area contributed by atoms with Crippen LogP contribution in [0.2, 0.25) is 0 Å². The molecular formula is C11H22ClNO2. The summed E-state index contributed by atoms with van der Waals surface area (Å²) >= 11 is 5.05. The first-order valence-electron chi connectivity index (χ1n) is 5.53. The molecule has 0 bridgehead atoms. The first kappa shape index (κ1) is 14.7. The van der Waals surface area contributed by atoms with Crippen molar-refractivity contribution in [1.29, 1.82) is 0 Å². The Morgan fingerprint density at radius 3 is 2.13 bits per heavy atom. The highest BCUT2D eigenvalue weighted by atomic mass is 35.5. The molecule has 0 aliphatic heterocycles. The van der Waals surface area contributed by atoms with Crippen molar-refractivity contribution in [2.75, 3.05) is 13.2 Å². The molecule has 0 unspecified atom stereocenters. The van der Waals surface area contributed by atoms with Crippen LogP contribution in [-0.2, 0) is 4.74 Å². The van der Waals surface area contributed by atoms with E-state index in [0.717, 1.165) is 19.4 Å². The molecule has 90 valence electrons.